The fourth-order valence-electron chi connectivity index (χ4n) is 1.75. The summed E-state index contributed by atoms with van der Waals surface area (Å²) in [5.41, 5.74) is 6.32. The minimum atomic E-state index is -0.394. The minimum Gasteiger partial charge on any atom is -0.368 e. The largest absolute Gasteiger partial charge is 0.368 e. The Morgan fingerprint density at radius 3 is 2.78 bits per heavy atom. The highest BCUT2D eigenvalue weighted by atomic mass is 16.1. The van der Waals surface area contributed by atoms with Crippen molar-refractivity contribution < 1.29 is 0 Å². The van der Waals surface area contributed by atoms with Gasteiger partial charge in [-0.25, -0.2) is 0 Å². The van der Waals surface area contributed by atoms with Crippen LogP contribution in [0.2, 0.25) is 0 Å². The number of nitrogen functional groups attached to an aromatic ring is 1. The monoisotopic (exact) mass is 242 g/mol. The Hall–Kier alpha value is -2.70. The highest BCUT2D eigenvalue weighted by molar-refractivity contribution is 5.36. The van der Waals surface area contributed by atoms with Crippen molar-refractivity contribution >= 4 is 11.6 Å². The van der Waals surface area contributed by atoms with Crippen LogP contribution >= 0.6 is 0 Å². The summed E-state index contributed by atoms with van der Waals surface area (Å²) in [6.07, 6.45) is 0.540. The van der Waals surface area contributed by atoms with E-state index in [-0.39, 0.29) is 11.6 Å². The van der Waals surface area contributed by atoms with E-state index in [0.717, 1.165) is 5.56 Å². The standard InChI is InChI=1S/C11H10N6O/c12-11-13-10(18)9-15-14-8(17(9)16-11)6-7-4-2-1-3-5-7/h1-5H,6H2,(H3,12,13,16,18). The number of benzene rings is 1. The summed E-state index contributed by atoms with van der Waals surface area (Å²) in [5.74, 6) is 0.621. The van der Waals surface area contributed by atoms with Crippen molar-refractivity contribution in [3.8, 4) is 0 Å². The Kier molecular flexibility index (Phi) is 2.30. The van der Waals surface area contributed by atoms with E-state index in [1.165, 1.54) is 4.52 Å². The molecule has 3 N–H and O–H groups in total. The van der Waals surface area contributed by atoms with Gasteiger partial charge in [-0.2, -0.15) is 4.52 Å². The number of aromatic nitrogens is 5. The summed E-state index contributed by atoms with van der Waals surface area (Å²) in [4.78, 5) is 13.9. The molecule has 0 atom stereocenters. The zero-order valence-corrected chi connectivity index (χ0v) is 9.37. The van der Waals surface area contributed by atoms with Gasteiger partial charge in [-0.05, 0) is 5.56 Å². The molecule has 0 bridgehead atoms. The first-order valence-electron chi connectivity index (χ1n) is 5.38. The van der Waals surface area contributed by atoms with Crippen LogP contribution in [0.5, 0.6) is 0 Å². The molecule has 0 spiro atoms. The molecule has 0 saturated carbocycles. The van der Waals surface area contributed by atoms with Gasteiger partial charge in [0.2, 0.25) is 11.6 Å². The van der Waals surface area contributed by atoms with Crippen LogP contribution in [0, 0.1) is 0 Å². The number of anilines is 1. The topological polar surface area (TPSA) is 102 Å². The first-order chi connectivity index (χ1) is 8.74. The summed E-state index contributed by atoms with van der Waals surface area (Å²) in [6, 6.07) is 9.75. The highest BCUT2D eigenvalue weighted by Gasteiger charge is 2.10. The predicted octanol–water partition coefficient (Wildman–Crippen LogP) is -0.0144. The second kappa shape index (κ2) is 3.95. The molecule has 7 nitrogen and oxygen atoms in total. The van der Waals surface area contributed by atoms with Gasteiger partial charge in [-0.3, -0.25) is 9.78 Å². The maximum atomic E-state index is 11.6. The van der Waals surface area contributed by atoms with Crippen molar-refractivity contribution in [3.05, 3.63) is 52.1 Å². The molecule has 3 aromatic rings. The summed E-state index contributed by atoms with van der Waals surface area (Å²) in [5, 5.41) is 11.8. The van der Waals surface area contributed by atoms with E-state index in [4.69, 9.17) is 5.73 Å². The maximum Gasteiger partial charge on any atom is 0.297 e. The normalized spacial score (nSPS) is 10.9. The van der Waals surface area contributed by atoms with Crippen LogP contribution < -0.4 is 11.3 Å². The zero-order chi connectivity index (χ0) is 12.5. The molecule has 0 radical (unpaired) electrons. The van der Waals surface area contributed by atoms with Gasteiger partial charge < -0.3 is 5.73 Å². The molecule has 0 fully saturated rings. The number of hydrogen-bond acceptors (Lipinski definition) is 5. The van der Waals surface area contributed by atoms with Gasteiger partial charge >= 0.3 is 0 Å². The zero-order valence-electron chi connectivity index (χ0n) is 9.37. The first kappa shape index (κ1) is 10.5. The van der Waals surface area contributed by atoms with Gasteiger partial charge in [0, 0.05) is 6.42 Å². The second-order valence-corrected chi connectivity index (χ2v) is 3.85. The lowest BCUT2D eigenvalue weighted by Crippen LogP contribution is -2.16. The predicted molar refractivity (Wildman–Crippen MR) is 65.1 cm³/mol. The number of fused-ring (bicyclic) bond motifs is 1. The molecular weight excluding hydrogens is 232 g/mol. The van der Waals surface area contributed by atoms with Crippen LogP contribution in [0.1, 0.15) is 11.4 Å². The summed E-state index contributed by atoms with van der Waals surface area (Å²) in [6.45, 7) is 0. The van der Waals surface area contributed by atoms with Crippen molar-refractivity contribution in [2.24, 2.45) is 0 Å². The summed E-state index contributed by atoms with van der Waals surface area (Å²) < 4.78 is 1.38. The van der Waals surface area contributed by atoms with E-state index in [1.807, 2.05) is 30.3 Å². The lowest BCUT2D eigenvalue weighted by Gasteiger charge is -1.99. The average molecular weight is 242 g/mol. The Labute approximate surface area is 101 Å². The fourth-order valence-corrected chi connectivity index (χ4v) is 1.75. The van der Waals surface area contributed by atoms with Crippen LogP contribution in [-0.2, 0) is 6.42 Å². The minimum absolute atomic E-state index is 0.0432. The number of nitrogens with two attached hydrogens (primary N) is 1. The first-order valence-corrected chi connectivity index (χ1v) is 5.38. The summed E-state index contributed by atoms with van der Waals surface area (Å²) >= 11 is 0. The molecule has 7 heteroatoms. The Morgan fingerprint density at radius 1 is 1.22 bits per heavy atom. The van der Waals surface area contributed by atoms with Crippen molar-refractivity contribution in [3.63, 3.8) is 0 Å². The van der Waals surface area contributed by atoms with Crippen LogP contribution in [0.15, 0.2) is 35.1 Å². The van der Waals surface area contributed by atoms with E-state index in [2.05, 4.69) is 20.3 Å². The molecule has 18 heavy (non-hydrogen) atoms. The van der Waals surface area contributed by atoms with Crippen LogP contribution in [0.4, 0.5) is 5.95 Å². The number of H-pyrrole nitrogens is 1. The van der Waals surface area contributed by atoms with E-state index >= 15 is 0 Å². The summed E-state index contributed by atoms with van der Waals surface area (Å²) in [7, 11) is 0. The third-order valence-electron chi connectivity index (χ3n) is 2.56. The molecule has 90 valence electrons. The average Bonchev–Trinajstić information content (AvgIpc) is 2.74. The number of nitrogens with zero attached hydrogens (tertiary/aromatic N) is 4. The van der Waals surface area contributed by atoms with E-state index in [9.17, 15) is 4.79 Å². The van der Waals surface area contributed by atoms with E-state index in [1.54, 1.807) is 0 Å². The number of aromatic amines is 1. The molecule has 0 aliphatic carbocycles. The molecule has 0 aliphatic heterocycles. The lowest BCUT2D eigenvalue weighted by atomic mass is 10.1. The van der Waals surface area contributed by atoms with Crippen LogP contribution in [0.3, 0.4) is 0 Å². The van der Waals surface area contributed by atoms with Crippen molar-refractivity contribution in [2.75, 3.05) is 5.73 Å². The van der Waals surface area contributed by atoms with Crippen molar-refractivity contribution in [2.45, 2.75) is 6.42 Å². The maximum absolute atomic E-state index is 11.6. The Morgan fingerprint density at radius 2 is 2.00 bits per heavy atom. The number of nitrogens with one attached hydrogen (secondary N) is 1. The quantitative estimate of drug-likeness (QED) is 0.657. The lowest BCUT2D eigenvalue weighted by molar-refractivity contribution is 0.824. The third-order valence-corrected chi connectivity index (χ3v) is 2.56. The SMILES string of the molecule is Nc1nn2c(Cc3ccccc3)nnc2c(=O)[nH]1. The van der Waals surface area contributed by atoms with Gasteiger partial charge in [0.25, 0.3) is 5.56 Å². The van der Waals surface area contributed by atoms with Crippen molar-refractivity contribution in [1.82, 2.24) is 24.8 Å². The third kappa shape index (κ3) is 1.71. The van der Waals surface area contributed by atoms with Gasteiger partial charge in [0.05, 0.1) is 0 Å². The second-order valence-electron chi connectivity index (χ2n) is 3.85. The van der Waals surface area contributed by atoms with Gasteiger partial charge in [0.1, 0.15) is 0 Å². The fraction of sp³-hybridized carbons (Fsp3) is 0.0909. The highest BCUT2D eigenvalue weighted by Crippen LogP contribution is 2.06. The van der Waals surface area contributed by atoms with Gasteiger partial charge in [-0.1, -0.05) is 30.3 Å². The molecule has 3 rings (SSSR count). The molecule has 0 amide bonds. The van der Waals surface area contributed by atoms with E-state index in [0.29, 0.717) is 12.2 Å². The smallest absolute Gasteiger partial charge is 0.297 e. The molecular formula is C11H10N6O. The van der Waals surface area contributed by atoms with Crippen molar-refractivity contribution in [1.29, 1.82) is 0 Å². The molecule has 0 unspecified atom stereocenters. The van der Waals surface area contributed by atoms with E-state index < -0.39 is 5.56 Å². The molecule has 2 heterocycles. The molecule has 2 aromatic heterocycles. The number of rotatable bonds is 2. The van der Waals surface area contributed by atoms with Gasteiger partial charge in [-0.15, -0.1) is 15.3 Å². The molecule has 1 aromatic carbocycles. The van der Waals surface area contributed by atoms with Crippen LogP contribution in [0.25, 0.3) is 5.65 Å². The number of hydrogen-bond donors (Lipinski definition) is 2. The molecule has 0 saturated heterocycles. The molecule has 0 aliphatic rings. The van der Waals surface area contributed by atoms with Gasteiger partial charge in [0.15, 0.2) is 5.82 Å². The van der Waals surface area contributed by atoms with Crippen LogP contribution in [-0.4, -0.2) is 24.8 Å². The Bertz CT molecular complexity index is 745. The Balaban J connectivity index is 2.11.